The fourth-order valence-electron chi connectivity index (χ4n) is 2.14. The van der Waals surface area contributed by atoms with E-state index in [1.807, 2.05) is 25.1 Å². The number of sulfone groups is 1. The first kappa shape index (κ1) is 13.6. The van der Waals surface area contributed by atoms with E-state index in [0.717, 1.165) is 17.4 Å². The average molecular weight is 302 g/mol. The van der Waals surface area contributed by atoms with Crippen LogP contribution >= 0.6 is 0 Å². The van der Waals surface area contributed by atoms with Gasteiger partial charge >= 0.3 is 0 Å². The first-order chi connectivity index (χ1) is 9.86. The zero-order valence-electron chi connectivity index (χ0n) is 11.6. The highest BCUT2D eigenvalue weighted by Gasteiger charge is 2.14. The molecule has 0 radical (unpaired) electrons. The molecule has 0 saturated carbocycles. The summed E-state index contributed by atoms with van der Waals surface area (Å²) in [6.45, 7) is 1.89. The van der Waals surface area contributed by atoms with Crippen LogP contribution in [0.1, 0.15) is 5.56 Å². The fraction of sp³-hybridized carbons (Fsp3) is 0.133. The number of hydrogen-bond donors (Lipinski definition) is 1. The van der Waals surface area contributed by atoms with Crippen LogP contribution in [0.2, 0.25) is 0 Å². The minimum atomic E-state index is -3.27. The van der Waals surface area contributed by atoms with Crippen LogP contribution in [0.3, 0.4) is 0 Å². The second-order valence-corrected chi connectivity index (χ2v) is 6.96. The second kappa shape index (κ2) is 4.60. The molecule has 1 heterocycles. The molecular formula is C15H14N2O3S. The van der Waals surface area contributed by atoms with Gasteiger partial charge in [0.2, 0.25) is 5.89 Å². The van der Waals surface area contributed by atoms with Crippen LogP contribution in [-0.2, 0) is 9.84 Å². The van der Waals surface area contributed by atoms with E-state index in [4.69, 9.17) is 10.2 Å². The van der Waals surface area contributed by atoms with Crippen molar-refractivity contribution in [2.24, 2.45) is 0 Å². The standard InChI is InChI=1S/C15H14N2O3S/c1-9-11(4-3-5-12(9)16)15-17-13-8-10(21(2,18)19)6-7-14(13)20-15/h3-8H,16H2,1-2H3. The second-order valence-electron chi connectivity index (χ2n) is 4.94. The number of oxazole rings is 1. The Bertz CT molecular complexity index is 943. The van der Waals surface area contributed by atoms with Crippen molar-refractivity contribution in [3.63, 3.8) is 0 Å². The molecule has 0 unspecified atom stereocenters. The Balaban J connectivity index is 2.20. The largest absolute Gasteiger partial charge is 0.436 e. The summed E-state index contributed by atoms with van der Waals surface area (Å²) in [6.07, 6.45) is 1.16. The van der Waals surface area contributed by atoms with Gasteiger partial charge in [0.15, 0.2) is 15.4 Å². The molecule has 3 rings (SSSR count). The van der Waals surface area contributed by atoms with Gasteiger partial charge in [0.25, 0.3) is 0 Å². The number of hydrogen-bond acceptors (Lipinski definition) is 5. The highest BCUT2D eigenvalue weighted by molar-refractivity contribution is 7.90. The van der Waals surface area contributed by atoms with Gasteiger partial charge in [0, 0.05) is 17.5 Å². The molecule has 0 amide bonds. The number of benzene rings is 2. The number of nitrogen functional groups attached to an aromatic ring is 1. The maximum Gasteiger partial charge on any atom is 0.227 e. The molecule has 0 spiro atoms. The Hall–Kier alpha value is -2.34. The maximum atomic E-state index is 11.6. The van der Waals surface area contributed by atoms with Gasteiger partial charge in [-0.15, -0.1) is 0 Å². The van der Waals surface area contributed by atoms with Crippen molar-refractivity contribution in [2.75, 3.05) is 12.0 Å². The van der Waals surface area contributed by atoms with Gasteiger partial charge < -0.3 is 10.2 Å². The van der Waals surface area contributed by atoms with Crippen LogP contribution in [0.25, 0.3) is 22.6 Å². The Morgan fingerprint density at radius 3 is 2.67 bits per heavy atom. The normalized spacial score (nSPS) is 11.9. The van der Waals surface area contributed by atoms with Crippen LogP contribution in [0, 0.1) is 6.92 Å². The quantitative estimate of drug-likeness (QED) is 0.736. The molecule has 21 heavy (non-hydrogen) atoms. The van der Waals surface area contributed by atoms with E-state index >= 15 is 0 Å². The highest BCUT2D eigenvalue weighted by atomic mass is 32.2. The summed E-state index contributed by atoms with van der Waals surface area (Å²) in [5.74, 6) is 0.431. The molecule has 3 aromatic rings. The highest BCUT2D eigenvalue weighted by Crippen LogP contribution is 2.30. The lowest BCUT2D eigenvalue weighted by Gasteiger charge is -2.03. The van der Waals surface area contributed by atoms with Gasteiger partial charge in [0.05, 0.1) is 4.90 Å². The summed E-state index contributed by atoms with van der Waals surface area (Å²) >= 11 is 0. The third kappa shape index (κ3) is 2.38. The van der Waals surface area contributed by atoms with E-state index < -0.39 is 9.84 Å². The van der Waals surface area contributed by atoms with Gasteiger partial charge in [0.1, 0.15) is 5.52 Å². The summed E-state index contributed by atoms with van der Waals surface area (Å²) in [5.41, 5.74) is 9.27. The predicted octanol–water partition coefficient (Wildman–Crippen LogP) is 2.79. The molecule has 6 heteroatoms. The Kier molecular flexibility index (Phi) is 2.98. The van der Waals surface area contributed by atoms with E-state index in [2.05, 4.69) is 4.98 Å². The molecule has 0 saturated heterocycles. The minimum Gasteiger partial charge on any atom is -0.436 e. The molecule has 2 aromatic carbocycles. The van der Waals surface area contributed by atoms with E-state index in [1.165, 1.54) is 12.1 Å². The molecule has 2 N–H and O–H groups in total. The van der Waals surface area contributed by atoms with E-state index in [9.17, 15) is 8.42 Å². The van der Waals surface area contributed by atoms with Crippen molar-refractivity contribution in [1.82, 2.24) is 4.98 Å². The zero-order chi connectivity index (χ0) is 15.2. The van der Waals surface area contributed by atoms with Gasteiger partial charge in [-0.25, -0.2) is 13.4 Å². The van der Waals surface area contributed by atoms with E-state index in [-0.39, 0.29) is 4.90 Å². The molecule has 5 nitrogen and oxygen atoms in total. The number of anilines is 1. The molecule has 0 aliphatic carbocycles. The first-order valence-electron chi connectivity index (χ1n) is 6.32. The average Bonchev–Trinajstić information content (AvgIpc) is 2.83. The third-order valence-electron chi connectivity index (χ3n) is 3.39. The maximum absolute atomic E-state index is 11.6. The van der Waals surface area contributed by atoms with E-state index in [0.29, 0.717) is 22.7 Å². The van der Waals surface area contributed by atoms with Crippen LogP contribution in [-0.4, -0.2) is 19.7 Å². The number of rotatable bonds is 2. The summed E-state index contributed by atoms with van der Waals surface area (Å²) in [7, 11) is -3.27. The van der Waals surface area contributed by atoms with E-state index in [1.54, 1.807) is 6.07 Å². The van der Waals surface area contributed by atoms with Crippen molar-refractivity contribution in [3.8, 4) is 11.5 Å². The lowest BCUT2D eigenvalue weighted by Crippen LogP contribution is -1.96. The number of fused-ring (bicyclic) bond motifs is 1. The molecule has 0 fully saturated rings. The zero-order valence-corrected chi connectivity index (χ0v) is 12.4. The van der Waals surface area contributed by atoms with Crippen molar-refractivity contribution in [1.29, 1.82) is 0 Å². The van der Waals surface area contributed by atoms with Crippen LogP contribution in [0.15, 0.2) is 45.7 Å². The third-order valence-corrected chi connectivity index (χ3v) is 4.50. The summed E-state index contributed by atoms with van der Waals surface area (Å²) in [4.78, 5) is 4.59. The Morgan fingerprint density at radius 1 is 1.19 bits per heavy atom. The van der Waals surface area contributed by atoms with Crippen LogP contribution in [0.5, 0.6) is 0 Å². The summed E-state index contributed by atoms with van der Waals surface area (Å²) < 4.78 is 28.9. The molecule has 0 bridgehead atoms. The van der Waals surface area contributed by atoms with Crippen molar-refractivity contribution >= 4 is 26.6 Å². The number of aromatic nitrogens is 1. The smallest absolute Gasteiger partial charge is 0.227 e. The monoisotopic (exact) mass is 302 g/mol. The summed E-state index contributed by atoms with van der Waals surface area (Å²) in [5, 5.41) is 0. The Labute approximate surface area is 122 Å². The number of nitrogens with zero attached hydrogens (tertiary/aromatic N) is 1. The fourth-order valence-corrected chi connectivity index (χ4v) is 2.78. The molecule has 0 aliphatic heterocycles. The topological polar surface area (TPSA) is 86.2 Å². The molecule has 1 aromatic heterocycles. The SMILES string of the molecule is Cc1c(N)cccc1-c1nc2cc(S(C)(=O)=O)ccc2o1. The predicted molar refractivity (Wildman–Crippen MR) is 81.7 cm³/mol. The van der Waals surface area contributed by atoms with Crippen LogP contribution < -0.4 is 5.73 Å². The van der Waals surface area contributed by atoms with Crippen molar-refractivity contribution < 1.29 is 12.8 Å². The lowest BCUT2D eigenvalue weighted by atomic mass is 10.1. The number of nitrogens with two attached hydrogens (primary N) is 1. The summed E-state index contributed by atoms with van der Waals surface area (Å²) in [6, 6.07) is 10.1. The molecular weight excluding hydrogens is 288 g/mol. The lowest BCUT2D eigenvalue weighted by molar-refractivity contribution is 0.602. The van der Waals surface area contributed by atoms with Crippen molar-refractivity contribution in [3.05, 3.63) is 42.0 Å². The van der Waals surface area contributed by atoms with Gasteiger partial charge in [-0.05, 0) is 42.8 Å². The molecule has 0 aliphatic rings. The van der Waals surface area contributed by atoms with Gasteiger partial charge in [-0.1, -0.05) is 6.07 Å². The Morgan fingerprint density at radius 2 is 1.95 bits per heavy atom. The van der Waals surface area contributed by atoms with Crippen LogP contribution in [0.4, 0.5) is 5.69 Å². The molecule has 108 valence electrons. The van der Waals surface area contributed by atoms with Crippen molar-refractivity contribution in [2.45, 2.75) is 11.8 Å². The molecule has 0 atom stereocenters. The first-order valence-corrected chi connectivity index (χ1v) is 8.21. The minimum absolute atomic E-state index is 0.221. The van der Waals surface area contributed by atoms with Gasteiger partial charge in [-0.2, -0.15) is 0 Å². The van der Waals surface area contributed by atoms with Gasteiger partial charge in [-0.3, -0.25) is 0 Å².